The fourth-order valence-corrected chi connectivity index (χ4v) is 4.57. The van der Waals surface area contributed by atoms with E-state index in [2.05, 4.69) is 10.7 Å². The first-order valence-electron chi connectivity index (χ1n) is 10.6. The molecule has 0 bridgehead atoms. The number of benzene rings is 1. The Labute approximate surface area is 183 Å². The monoisotopic (exact) mass is 428 g/mol. The van der Waals surface area contributed by atoms with E-state index in [1.165, 1.54) is 0 Å². The second kappa shape index (κ2) is 10.1. The largest absolute Gasteiger partial charge is 0.378 e. The highest BCUT2D eigenvalue weighted by Gasteiger charge is 2.27. The number of piperidine rings is 1. The van der Waals surface area contributed by atoms with Crippen molar-refractivity contribution in [1.82, 2.24) is 15.2 Å². The molecule has 0 spiro atoms. The number of nitrogens with one attached hydrogen (secondary N) is 1. The number of thiazole rings is 1. The maximum atomic E-state index is 13.0. The summed E-state index contributed by atoms with van der Waals surface area (Å²) in [5, 5.41) is 6.12. The summed E-state index contributed by atoms with van der Waals surface area (Å²) in [5.41, 5.74) is 2.84. The topological polar surface area (TPSA) is 65.5 Å². The van der Waals surface area contributed by atoms with Crippen LogP contribution in [0.5, 0.6) is 0 Å². The molecule has 1 fully saturated rings. The Morgan fingerprint density at radius 1 is 1.27 bits per heavy atom. The lowest BCUT2D eigenvalue weighted by molar-refractivity contribution is -0.123. The molecule has 6 nitrogen and oxygen atoms in total. The average molecular weight is 429 g/mol. The number of anilines is 1. The van der Waals surface area contributed by atoms with Gasteiger partial charge in [0.25, 0.3) is 5.91 Å². The molecule has 162 valence electrons. The standard InChI is InChI=1S/C23H32N4O2S/c1-16(2)21(28)24-12-11-19-15-30-22(25-19)18-6-5-13-27(14-18)23(29)17-7-9-20(10-8-17)26(3)4/h7-10,15-16,18H,5-6,11-14H2,1-4H3,(H,24,28)/t18-/m1/s1. The Hall–Kier alpha value is -2.41. The highest BCUT2D eigenvalue weighted by Crippen LogP contribution is 2.30. The van der Waals surface area contributed by atoms with Crippen molar-refractivity contribution in [2.75, 3.05) is 38.6 Å². The first kappa shape index (κ1) is 22.3. The predicted molar refractivity (Wildman–Crippen MR) is 122 cm³/mol. The van der Waals surface area contributed by atoms with Crippen LogP contribution in [0, 0.1) is 5.92 Å². The fourth-order valence-electron chi connectivity index (χ4n) is 3.59. The third kappa shape index (κ3) is 5.59. The number of aromatic nitrogens is 1. The molecule has 1 atom stereocenters. The minimum absolute atomic E-state index is 0.000777. The predicted octanol–water partition coefficient (Wildman–Crippen LogP) is 3.54. The molecule has 1 N–H and O–H groups in total. The SMILES string of the molecule is CC(C)C(=O)NCCc1csc([C@@H]2CCCN(C(=O)c3ccc(N(C)C)cc3)C2)n1. The Balaban J connectivity index is 1.57. The van der Waals surface area contributed by atoms with Crippen LogP contribution in [0.4, 0.5) is 5.69 Å². The second-order valence-corrected chi connectivity index (χ2v) is 9.29. The van der Waals surface area contributed by atoms with Crippen LogP contribution in [-0.4, -0.2) is 55.4 Å². The van der Waals surface area contributed by atoms with Gasteiger partial charge in [-0.05, 0) is 37.1 Å². The van der Waals surface area contributed by atoms with Crippen LogP contribution in [0.1, 0.15) is 53.7 Å². The first-order chi connectivity index (χ1) is 14.3. The van der Waals surface area contributed by atoms with Crippen molar-refractivity contribution in [2.45, 2.75) is 39.0 Å². The van der Waals surface area contributed by atoms with Crippen LogP contribution < -0.4 is 10.2 Å². The van der Waals surface area contributed by atoms with E-state index in [9.17, 15) is 9.59 Å². The molecule has 7 heteroatoms. The minimum Gasteiger partial charge on any atom is -0.378 e. The van der Waals surface area contributed by atoms with Crippen molar-refractivity contribution >= 4 is 28.8 Å². The molecule has 2 heterocycles. The van der Waals surface area contributed by atoms with Crippen molar-refractivity contribution in [3.63, 3.8) is 0 Å². The highest BCUT2D eigenvalue weighted by atomic mass is 32.1. The van der Waals surface area contributed by atoms with E-state index >= 15 is 0 Å². The van der Waals surface area contributed by atoms with Gasteiger partial charge in [-0.3, -0.25) is 9.59 Å². The molecular weight excluding hydrogens is 396 g/mol. The molecule has 2 amide bonds. The van der Waals surface area contributed by atoms with Gasteiger partial charge in [0.1, 0.15) is 0 Å². The van der Waals surface area contributed by atoms with Crippen molar-refractivity contribution in [3.8, 4) is 0 Å². The molecule has 0 radical (unpaired) electrons. The van der Waals surface area contributed by atoms with Gasteiger partial charge in [0.2, 0.25) is 5.91 Å². The number of amides is 2. The summed E-state index contributed by atoms with van der Waals surface area (Å²) in [5.74, 6) is 0.456. The van der Waals surface area contributed by atoms with Gasteiger partial charge in [0.05, 0.1) is 10.7 Å². The zero-order valence-electron chi connectivity index (χ0n) is 18.4. The molecular formula is C23H32N4O2S. The third-order valence-electron chi connectivity index (χ3n) is 5.46. The van der Waals surface area contributed by atoms with E-state index in [0.29, 0.717) is 13.1 Å². The van der Waals surface area contributed by atoms with Crippen molar-refractivity contribution in [2.24, 2.45) is 5.92 Å². The molecule has 3 rings (SSSR count). The zero-order valence-corrected chi connectivity index (χ0v) is 19.2. The van der Waals surface area contributed by atoms with E-state index in [4.69, 9.17) is 4.98 Å². The lowest BCUT2D eigenvalue weighted by Crippen LogP contribution is -2.39. The third-order valence-corrected chi connectivity index (χ3v) is 6.52. The zero-order chi connectivity index (χ0) is 21.7. The summed E-state index contributed by atoms with van der Waals surface area (Å²) in [4.78, 5) is 33.4. The van der Waals surface area contributed by atoms with Crippen LogP contribution in [0.25, 0.3) is 0 Å². The number of likely N-dealkylation sites (tertiary alicyclic amines) is 1. The van der Waals surface area contributed by atoms with Gasteiger partial charge in [-0.15, -0.1) is 11.3 Å². The molecule has 0 saturated carbocycles. The van der Waals surface area contributed by atoms with Crippen LogP contribution in [-0.2, 0) is 11.2 Å². The lowest BCUT2D eigenvalue weighted by atomic mass is 9.98. The molecule has 0 aliphatic carbocycles. The van der Waals surface area contributed by atoms with Gasteiger partial charge in [-0.25, -0.2) is 4.98 Å². The average Bonchev–Trinajstić information content (AvgIpc) is 3.22. The van der Waals surface area contributed by atoms with Crippen molar-refractivity contribution in [1.29, 1.82) is 0 Å². The van der Waals surface area contributed by atoms with Crippen molar-refractivity contribution < 1.29 is 9.59 Å². The number of hydrogen-bond donors (Lipinski definition) is 1. The van der Waals surface area contributed by atoms with Gasteiger partial charge < -0.3 is 15.1 Å². The van der Waals surface area contributed by atoms with Crippen LogP contribution in [0.3, 0.4) is 0 Å². The first-order valence-corrected chi connectivity index (χ1v) is 11.5. The van der Waals surface area contributed by atoms with E-state index in [-0.39, 0.29) is 23.7 Å². The summed E-state index contributed by atoms with van der Waals surface area (Å²) in [7, 11) is 3.99. The Kier molecular flexibility index (Phi) is 7.48. The highest BCUT2D eigenvalue weighted by molar-refractivity contribution is 7.09. The van der Waals surface area contributed by atoms with E-state index in [0.717, 1.165) is 47.8 Å². The summed E-state index contributed by atoms with van der Waals surface area (Å²) in [6.07, 6.45) is 2.79. The Bertz CT molecular complexity index is 860. The van der Waals surface area contributed by atoms with E-state index in [1.54, 1.807) is 11.3 Å². The second-order valence-electron chi connectivity index (χ2n) is 8.40. The Morgan fingerprint density at radius 3 is 2.67 bits per heavy atom. The van der Waals surface area contributed by atoms with E-state index in [1.807, 2.05) is 62.0 Å². The maximum Gasteiger partial charge on any atom is 0.253 e. The van der Waals surface area contributed by atoms with Gasteiger partial charge in [0.15, 0.2) is 0 Å². The van der Waals surface area contributed by atoms with Gasteiger partial charge in [0, 0.05) is 68.6 Å². The summed E-state index contributed by atoms with van der Waals surface area (Å²) >= 11 is 1.67. The number of nitrogens with zero attached hydrogens (tertiary/aromatic N) is 3. The van der Waals surface area contributed by atoms with Gasteiger partial charge in [-0.2, -0.15) is 0 Å². The molecule has 1 aromatic heterocycles. The summed E-state index contributed by atoms with van der Waals surface area (Å²) < 4.78 is 0. The normalized spacial score (nSPS) is 16.6. The number of hydrogen-bond acceptors (Lipinski definition) is 5. The van der Waals surface area contributed by atoms with Crippen molar-refractivity contribution in [3.05, 3.63) is 45.9 Å². The summed E-state index contributed by atoms with van der Waals surface area (Å²) in [6, 6.07) is 7.79. The smallest absolute Gasteiger partial charge is 0.253 e. The maximum absolute atomic E-state index is 13.0. The van der Waals surface area contributed by atoms with Gasteiger partial charge in [-0.1, -0.05) is 13.8 Å². The fraction of sp³-hybridized carbons (Fsp3) is 0.522. The number of rotatable bonds is 7. The quantitative estimate of drug-likeness (QED) is 0.733. The van der Waals surface area contributed by atoms with Crippen LogP contribution >= 0.6 is 11.3 Å². The summed E-state index contributed by atoms with van der Waals surface area (Å²) in [6.45, 7) is 5.90. The Morgan fingerprint density at radius 2 is 2.00 bits per heavy atom. The van der Waals surface area contributed by atoms with E-state index < -0.39 is 0 Å². The molecule has 1 aliphatic rings. The minimum atomic E-state index is 0.000777. The molecule has 0 unspecified atom stereocenters. The molecule has 2 aromatic rings. The lowest BCUT2D eigenvalue weighted by Gasteiger charge is -2.32. The molecule has 30 heavy (non-hydrogen) atoms. The van der Waals surface area contributed by atoms with Crippen LogP contribution in [0.2, 0.25) is 0 Å². The van der Waals surface area contributed by atoms with Crippen LogP contribution in [0.15, 0.2) is 29.6 Å². The number of carbonyl (C=O) groups excluding carboxylic acids is 2. The molecule has 1 aliphatic heterocycles. The molecule has 1 aromatic carbocycles. The van der Waals surface area contributed by atoms with Gasteiger partial charge >= 0.3 is 0 Å². The molecule has 1 saturated heterocycles. The number of carbonyl (C=O) groups is 2.